The molecule has 0 saturated carbocycles. The predicted molar refractivity (Wildman–Crippen MR) is 107 cm³/mol. The maximum atomic E-state index is 13.0. The Labute approximate surface area is 162 Å². The molecule has 1 aromatic heterocycles. The first kappa shape index (κ1) is 17.7. The van der Waals surface area contributed by atoms with Crippen molar-refractivity contribution in [2.75, 3.05) is 16.8 Å². The Morgan fingerprint density at radius 2 is 2.07 bits per heavy atom. The third-order valence-electron chi connectivity index (χ3n) is 4.74. The molecule has 2 amide bonds. The lowest BCUT2D eigenvalue weighted by Gasteiger charge is -2.29. The van der Waals surface area contributed by atoms with Gasteiger partial charge in [-0.25, -0.2) is 4.98 Å². The van der Waals surface area contributed by atoms with Gasteiger partial charge >= 0.3 is 0 Å². The maximum absolute atomic E-state index is 13.0. The summed E-state index contributed by atoms with van der Waals surface area (Å²) >= 11 is 0. The minimum Gasteiger partial charge on any atom is -0.445 e. The number of nitrogens with zero attached hydrogens (tertiary/aromatic N) is 2. The quantitative estimate of drug-likeness (QED) is 0.700. The van der Waals surface area contributed by atoms with E-state index in [0.717, 1.165) is 29.7 Å². The van der Waals surface area contributed by atoms with E-state index in [-0.39, 0.29) is 11.8 Å². The van der Waals surface area contributed by atoms with E-state index in [9.17, 15) is 9.59 Å². The lowest BCUT2D eigenvalue weighted by atomic mass is 9.95. The van der Waals surface area contributed by atoms with Crippen LogP contribution in [0.25, 0.3) is 11.5 Å². The Bertz CT molecular complexity index is 1040. The van der Waals surface area contributed by atoms with Gasteiger partial charge in [0.1, 0.15) is 6.26 Å². The molecule has 2 aromatic carbocycles. The zero-order valence-corrected chi connectivity index (χ0v) is 15.2. The smallest absolute Gasteiger partial charge is 0.256 e. The van der Waals surface area contributed by atoms with Gasteiger partial charge in [-0.2, -0.15) is 0 Å². The SMILES string of the molecule is C=CC(=O)N1CCCc2c(C(=O)Nc3cccc(-c4ncco4)c3)cccc21. The Kier molecular flexibility index (Phi) is 4.76. The number of oxazole rings is 1. The van der Waals surface area contributed by atoms with E-state index in [1.807, 2.05) is 30.3 Å². The highest BCUT2D eigenvalue weighted by atomic mass is 16.3. The summed E-state index contributed by atoms with van der Waals surface area (Å²) < 4.78 is 5.31. The van der Waals surface area contributed by atoms with Crippen LogP contribution in [0.4, 0.5) is 11.4 Å². The number of benzene rings is 2. The van der Waals surface area contributed by atoms with Crippen LogP contribution in [-0.4, -0.2) is 23.3 Å². The molecule has 4 rings (SSSR count). The summed E-state index contributed by atoms with van der Waals surface area (Å²) in [7, 11) is 0. The number of hydrogen-bond acceptors (Lipinski definition) is 4. The third kappa shape index (κ3) is 3.32. The topological polar surface area (TPSA) is 75.4 Å². The van der Waals surface area contributed by atoms with Crippen molar-refractivity contribution in [1.82, 2.24) is 4.98 Å². The number of rotatable bonds is 4. The molecule has 0 saturated heterocycles. The molecule has 2 heterocycles. The average molecular weight is 373 g/mol. The molecule has 6 heteroatoms. The summed E-state index contributed by atoms with van der Waals surface area (Å²) in [6.07, 6.45) is 5.93. The Balaban J connectivity index is 1.62. The first-order chi connectivity index (χ1) is 13.7. The monoisotopic (exact) mass is 373 g/mol. The van der Waals surface area contributed by atoms with Gasteiger partial charge in [0.05, 0.1) is 6.20 Å². The van der Waals surface area contributed by atoms with Crippen LogP contribution < -0.4 is 10.2 Å². The summed E-state index contributed by atoms with van der Waals surface area (Å²) in [6, 6.07) is 12.8. The molecule has 0 radical (unpaired) electrons. The average Bonchev–Trinajstić information content (AvgIpc) is 3.27. The van der Waals surface area contributed by atoms with Crippen LogP contribution in [-0.2, 0) is 11.2 Å². The molecule has 1 aliphatic rings. The number of nitrogens with one attached hydrogen (secondary N) is 1. The van der Waals surface area contributed by atoms with Crippen LogP contribution in [0.2, 0.25) is 0 Å². The summed E-state index contributed by atoms with van der Waals surface area (Å²) in [5.74, 6) is 0.123. The predicted octanol–water partition coefficient (Wildman–Crippen LogP) is 4.06. The van der Waals surface area contributed by atoms with Crippen LogP contribution in [0.5, 0.6) is 0 Å². The number of anilines is 2. The fourth-order valence-corrected chi connectivity index (χ4v) is 3.47. The van der Waals surface area contributed by atoms with Crippen molar-refractivity contribution >= 4 is 23.2 Å². The van der Waals surface area contributed by atoms with Gasteiger partial charge in [-0.05, 0) is 54.8 Å². The lowest BCUT2D eigenvalue weighted by molar-refractivity contribution is -0.114. The van der Waals surface area contributed by atoms with Crippen molar-refractivity contribution in [2.45, 2.75) is 12.8 Å². The van der Waals surface area contributed by atoms with Crippen LogP contribution in [0.3, 0.4) is 0 Å². The van der Waals surface area contributed by atoms with Crippen LogP contribution in [0, 0.1) is 0 Å². The van der Waals surface area contributed by atoms with Gasteiger partial charge in [-0.1, -0.05) is 18.7 Å². The second-order valence-corrected chi connectivity index (χ2v) is 6.47. The van der Waals surface area contributed by atoms with Gasteiger partial charge in [-0.15, -0.1) is 0 Å². The molecule has 0 spiro atoms. The normalized spacial score (nSPS) is 12.9. The second kappa shape index (κ2) is 7.52. The zero-order chi connectivity index (χ0) is 19.5. The molecule has 3 aromatic rings. The third-order valence-corrected chi connectivity index (χ3v) is 4.74. The summed E-state index contributed by atoms with van der Waals surface area (Å²) in [5, 5.41) is 2.94. The molecule has 1 N–H and O–H groups in total. The van der Waals surface area contributed by atoms with E-state index in [0.29, 0.717) is 23.7 Å². The van der Waals surface area contributed by atoms with Gasteiger partial charge in [0.15, 0.2) is 0 Å². The number of carbonyl (C=O) groups is 2. The summed E-state index contributed by atoms with van der Waals surface area (Å²) in [4.78, 5) is 30.9. The largest absolute Gasteiger partial charge is 0.445 e. The van der Waals surface area contributed by atoms with Gasteiger partial charge in [-0.3, -0.25) is 9.59 Å². The number of carbonyl (C=O) groups excluding carboxylic acids is 2. The van der Waals surface area contributed by atoms with Crippen LogP contribution in [0.1, 0.15) is 22.3 Å². The molecule has 0 bridgehead atoms. The molecule has 28 heavy (non-hydrogen) atoms. The fraction of sp³-hybridized carbons (Fsp3) is 0.136. The van der Waals surface area contributed by atoms with Crippen molar-refractivity contribution in [3.8, 4) is 11.5 Å². The molecule has 0 fully saturated rings. The number of fused-ring (bicyclic) bond motifs is 1. The maximum Gasteiger partial charge on any atom is 0.256 e. The van der Waals surface area contributed by atoms with E-state index < -0.39 is 0 Å². The molecule has 0 unspecified atom stereocenters. The van der Waals surface area contributed by atoms with E-state index in [1.165, 1.54) is 12.3 Å². The molecule has 140 valence electrons. The van der Waals surface area contributed by atoms with E-state index in [2.05, 4.69) is 16.9 Å². The van der Waals surface area contributed by atoms with Crippen molar-refractivity contribution < 1.29 is 14.0 Å². The van der Waals surface area contributed by atoms with Crippen molar-refractivity contribution in [3.05, 3.63) is 78.7 Å². The van der Waals surface area contributed by atoms with Gasteiger partial charge in [0.2, 0.25) is 11.8 Å². The zero-order valence-electron chi connectivity index (χ0n) is 15.2. The number of aromatic nitrogens is 1. The van der Waals surface area contributed by atoms with E-state index in [1.54, 1.807) is 23.2 Å². The molecular formula is C22H19N3O3. The van der Waals surface area contributed by atoms with E-state index in [4.69, 9.17) is 4.42 Å². The highest BCUT2D eigenvalue weighted by molar-refractivity contribution is 6.08. The molecule has 1 aliphatic heterocycles. The standard InChI is InChI=1S/C22H19N3O3/c1-2-20(26)25-12-5-9-17-18(8-4-10-19(17)25)21(27)24-16-7-3-6-15(14-16)22-23-11-13-28-22/h2-4,6-8,10-11,13-14H,1,5,9,12H2,(H,24,27). The fourth-order valence-electron chi connectivity index (χ4n) is 3.47. The van der Waals surface area contributed by atoms with Gasteiger partial charge in [0, 0.05) is 29.0 Å². The first-order valence-electron chi connectivity index (χ1n) is 9.04. The molecule has 6 nitrogen and oxygen atoms in total. The van der Waals surface area contributed by atoms with Crippen LogP contribution >= 0.6 is 0 Å². The first-order valence-corrected chi connectivity index (χ1v) is 9.04. The summed E-state index contributed by atoms with van der Waals surface area (Å²) in [5.41, 5.74) is 3.65. The van der Waals surface area contributed by atoms with Gasteiger partial charge < -0.3 is 14.6 Å². The van der Waals surface area contributed by atoms with Crippen molar-refractivity contribution in [2.24, 2.45) is 0 Å². The Morgan fingerprint density at radius 1 is 1.21 bits per heavy atom. The molecule has 0 atom stereocenters. The van der Waals surface area contributed by atoms with Gasteiger partial charge in [0.25, 0.3) is 5.91 Å². The molecular weight excluding hydrogens is 354 g/mol. The minimum atomic E-state index is -0.214. The highest BCUT2D eigenvalue weighted by Crippen LogP contribution is 2.31. The Hall–Kier alpha value is -3.67. The van der Waals surface area contributed by atoms with Crippen LogP contribution in [0.15, 0.2) is 72.0 Å². The number of hydrogen-bond donors (Lipinski definition) is 1. The molecule has 0 aliphatic carbocycles. The van der Waals surface area contributed by atoms with Crippen molar-refractivity contribution in [3.63, 3.8) is 0 Å². The van der Waals surface area contributed by atoms with E-state index >= 15 is 0 Å². The second-order valence-electron chi connectivity index (χ2n) is 6.47. The summed E-state index contributed by atoms with van der Waals surface area (Å²) in [6.45, 7) is 4.19. The highest BCUT2D eigenvalue weighted by Gasteiger charge is 2.25. The lowest BCUT2D eigenvalue weighted by Crippen LogP contribution is -2.35. The number of amides is 2. The minimum absolute atomic E-state index is 0.155. The van der Waals surface area contributed by atoms with Crippen molar-refractivity contribution in [1.29, 1.82) is 0 Å². The Morgan fingerprint density at radius 3 is 2.86 bits per heavy atom.